The van der Waals surface area contributed by atoms with Crippen LogP contribution >= 0.6 is 0 Å². The zero-order valence-electron chi connectivity index (χ0n) is 13.4. The Morgan fingerprint density at radius 2 is 1.16 bits per heavy atom. The summed E-state index contributed by atoms with van der Waals surface area (Å²) in [5.74, 6) is -2.08. The molecule has 1 aliphatic heterocycles. The average Bonchev–Trinajstić information content (AvgIpc) is 2.96. The SMILES string of the molecule is O=C1C(c2ccccc2)=C(c2ccccc2)OC1(O)c1ccccc1. The first-order valence-electron chi connectivity index (χ1n) is 8.07. The molecule has 25 heavy (non-hydrogen) atoms. The summed E-state index contributed by atoms with van der Waals surface area (Å²) in [4.78, 5) is 13.2. The van der Waals surface area contributed by atoms with Crippen molar-refractivity contribution in [3.05, 3.63) is 108 Å². The Morgan fingerprint density at radius 1 is 0.680 bits per heavy atom. The highest BCUT2D eigenvalue weighted by molar-refractivity contribution is 6.32. The Hall–Kier alpha value is -3.17. The van der Waals surface area contributed by atoms with Gasteiger partial charge in [-0.15, -0.1) is 0 Å². The van der Waals surface area contributed by atoms with Crippen molar-refractivity contribution >= 4 is 17.1 Å². The van der Waals surface area contributed by atoms with Crippen LogP contribution in [0.2, 0.25) is 0 Å². The summed E-state index contributed by atoms with van der Waals surface area (Å²) in [6.45, 7) is 0. The van der Waals surface area contributed by atoms with E-state index in [9.17, 15) is 9.90 Å². The van der Waals surface area contributed by atoms with Crippen LogP contribution in [0, 0.1) is 0 Å². The van der Waals surface area contributed by atoms with Crippen LogP contribution in [0.15, 0.2) is 91.0 Å². The van der Waals surface area contributed by atoms with Crippen LogP contribution in [0.3, 0.4) is 0 Å². The van der Waals surface area contributed by atoms with Gasteiger partial charge in [-0.2, -0.15) is 0 Å². The van der Waals surface area contributed by atoms with E-state index in [1.54, 1.807) is 24.3 Å². The number of ether oxygens (including phenoxy) is 1. The fraction of sp³-hybridized carbons (Fsp3) is 0.0455. The summed E-state index contributed by atoms with van der Waals surface area (Å²) in [6.07, 6.45) is 0. The van der Waals surface area contributed by atoms with Crippen LogP contribution in [0.25, 0.3) is 11.3 Å². The summed E-state index contributed by atoms with van der Waals surface area (Å²) < 4.78 is 5.89. The minimum atomic E-state index is -2.02. The van der Waals surface area contributed by atoms with Crippen LogP contribution in [-0.2, 0) is 15.3 Å². The smallest absolute Gasteiger partial charge is 0.300 e. The van der Waals surface area contributed by atoms with Crippen LogP contribution in [0.4, 0.5) is 0 Å². The van der Waals surface area contributed by atoms with E-state index in [0.717, 1.165) is 11.1 Å². The lowest BCUT2D eigenvalue weighted by molar-refractivity contribution is -0.173. The van der Waals surface area contributed by atoms with E-state index in [1.165, 1.54) is 0 Å². The molecule has 1 unspecified atom stereocenters. The van der Waals surface area contributed by atoms with Gasteiger partial charge in [0.2, 0.25) is 5.78 Å². The molecule has 4 rings (SSSR count). The zero-order valence-corrected chi connectivity index (χ0v) is 13.4. The van der Waals surface area contributed by atoms with E-state index >= 15 is 0 Å². The van der Waals surface area contributed by atoms with Crippen molar-refractivity contribution in [1.82, 2.24) is 0 Å². The predicted octanol–water partition coefficient (Wildman–Crippen LogP) is 4.00. The lowest BCUT2D eigenvalue weighted by Crippen LogP contribution is -2.34. The molecule has 0 radical (unpaired) electrons. The third-order valence-electron chi connectivity index (χ3n) is 4.28. The summed E-state index contributed by atoms with van der Waals surface area (Å²) in [6, 6.07) is 27.4. The molecule has 0 fully saturated rings. The summed E-state index contributed by atoms with van der Waals surface area (Å²) in [5, 5.41) is 11.1. The van der Waals surface area contributed by atoms with Gasteiger partial charge >= 0.3 is 0 Å². The molecular formula is C22H16O3. The van der Waals surface area contributed by atoms with Gasteiger partial charge in [-0.25, -0.2) is 0 Å². The second kappa shape index (κ2) is 6.04. The highest BCUT2D eigenvalue weighted by Crippen LogP contribution is 2.44. The minimum Gasteiger partial charge on any atom is -0.449 e. The van der Waals surface area contributed by atoms with Gasteiger partial charge in [0.25, 0.3) is 5.79 Å². The van der Waals surface area contributed by atoms with Crippen molar-refractivity contribution in [2.45, 2.75) is 5.79 Å². The van der Waals surface area contributed by atoms with Gasteiger partial charge in [-0.05, 0) is 5.56 Å². The van der Waals surface area contributed by atoms with Gasteiger partial charge in [0.15, 0.2) is 0 Å². The molecule has 0 bridgehead atoms. The minimum absolute atomic E-state index is 0.387. The van der Waals surface area contributed by atoms with Crippen molar-refractivity contribution in [3.8, 4) is 0 Å². The van der Waals surface area contributed by atoms with E-state index in [1.807, 2.05) is 66.7 Å². The molecule has 1 heterocycles. The number of benzene rings is 3. The molecule has 0 spiro atoms. The van der Waals surface area contributed by atoms with Crippen molar-refractivity contribution < 1.29 is 14.6 Å². The van der Waals surface area contributed by atoms with Crippen LogP contribution < -0.4 is 0 Å². The molecule has 0 amide bonds. The molecule has 0 saturated heterocycles. The zero-order chi connectivity index (χ0) is 17.3. The molecule has 1 aliphatic rings. The number of hydrogen-bond acceptors (Lipinski definition) is 3. The number of hydrogen-bond donors (Lipinski definition) is 1. The Labute approximate surface area is 145 Å². The number of carbonyl (C=O) groups is 1. The summed E-state index contributed by atoms with van der Waals surface area (Å²) in [7, 11) is 0. The van der Waals surface area contributed by atoms with Gasteiger partial charge in [0.1, 0.15) is 5.76 Å². The standard InChI is InChI=1S/C22H16O3/c23-21-19(16-10-4-1-5-11-16)20(17-12-6-2-7-13-17)25-22(21,24)18-14-8-3-9-15-18/h1-15,24H. The maximum Gasteiger partial charge on any atom is 0.300 e. The molecule has 3 aromatic rings. The highest BCUT2D eigenvalue weighted by Gasteiger charge is 2.50. The van der Waals surface area contributed by atoms with Crippen molar-refractivity contribution in [1.29, 1.82) is 0 Å². The molecule has 0 aliphatic carbocycles. The summed E-state index contributed by atoms with van der Waals surface area (Å²) >= 11 is 0. The third-order valence-corrected chi connectivity index (χ3v) is 4.28. The van der Waals surface area contributed by atoms with Gasteiger partial charge < -0.3 is 9.84 Å². The summed E-state index contributed by atoms with van der Waals surface area (Å²) in [5.41, 5.74) is 2.28. The second-order valence-corrected chi connectivity index (χ2v) is 5.88. The lowest BCUT2D eigenvalue weighted by atomic mass is 9.93. The molecular weight excluding hydrogens is 312 g/mol. The average molecular weight is 328 g/mol. The van der Waals surface area contributed by atoms with Gasteiger partial charge in [-0.1, -0.05) is 91.0 Å². The topological polar surface area (TPSA) is 46.5 Å². The van der Waals surface area contributed by atoms with Crippen LogP contribution in [-0.4, -0.2) is 10.9 Å². The first-order valence-corrected chi connectivity index (χ1v) is 8.07. The molecule has 1 N–H and O–H groups in total. The molecule has 3 heteroatoms. The monoisotopic (exact) mass is 328 g/mol. The quantitative estimate of drug-likeness (QED) is 0.790. The number of aliphatic hydroxyl groups is 1. The maximum atomic E-state index is 13.2. The van der Waals surface area contributed by atoms with E-state index in [2.05, 4.69) is 0 Å². The fourth-order valence-electron chi connectivity index (χ4n) is 3.03. The van der Waals surface area contributed by atoms with Crippen LogP contribution in [0.1, 0.15) is 16.7 Å². The van der Waals surface area contributed by atoms with Crippen LogP contribution in [0.5, 0.6) is 0 Å². The third kappa shape index (κ3) is 2.55. The van der Waals surface area contributed by atoms with Gasteiger partial charge in [-0.3, -0.25) is 4.79 Å². The first kappa shape index (κ1) is 15.4. The Kier molecular flexibility index (Phi) is 3.71. The van der Waals surface area contributed by atoms with Crippen molar-refractivity contribution in [2.75, 3.05) is 0 Å². The number of ketones is 1. The molecule has 0 aromatic heterocycles. The van der Waals surface area contributed by atoms with Gasteiger partial charge in [0, 0.05) is 11.1 Å². The largest absolute Gasteiger partial charge is 0.449 e. The highest BCUT2D eigenvalue weighted by atomic mass is 16.6. The number of Topliss-reactive ketones (excluding diaryl/α,β-unsaturated/α-hetero) is 1. The molecule has 3 aromatic carbocycles. The fourth-order valence-corrected chi connectivity index (χ4v) is 3.03. The molecule has 1 atom stereocenters. The number of rotatable bonds is 3. The first-order chi connectivity index (χ1) is 12.2. The maximum absolute atomic E-state index is 13.2. The number of carbonyl (C=O) groups excluding carboxylic acids is 1. The van der Waals surface area contributed by atoms with E-state index in [4.69, 9.17) is 4.74 Å². The lowest BCUT2D eigenvalue weighted by Gasteiger charge is -2.22. The molecule has 3 nitrogen and oxygen atoms in total. The van der Waals surface area contributed by atoms with Crippen molar-refractivity contribution in [3.63, 3.8) is 0 Å². The Morgan fingerprint density at radius 3 is 1.72 bits per heavy atom. The second-order valence-electron chi connectivity index (χ2n) is 5.88. The van der Waals surface area contributed by atoms with E-state index < -0.39 is 11.6 Å². The molecule has 0 saturated carbocycles. The van der Waals surface area contributed by atoms with E-state index in [-0.39, 0.29) is 0 Å². The van der Waals surface area contributed by atoms with Crippen molar-refractivity contribution in [2.24, 2.45) is 0 Å². The van der Waals surface area contributed by atoms with Gasteiger partial charge in [0.05, 0.1) is 5.57 Å². The van der Waals surface area contributed by atoms with E-state index in [0.29, 0.717) is 16.9 Å². The normalized spacial score (nSPS) is 19.8. The predicted molar refractivity (Wildman–Crippen MR) is 96.1 cm³/mol. The Balaban J connectivity index is 1.90. The molecule has 122 valence electrons. The Bertz CT molecular complexity index is 931.